The standard InChI is InChI=1S/C23H21BrN2O5S/c1-2-14-30-20-11-8-17(9-12-20)23(27)31-22-13-10-19(24)15-18(22)16-25-26-32(28,29)21-6-4-3-5-7-21/h3-13,15-16,26H,2,14H2,1H3. The van der Waals surface area contributed by atoms with Crippen molar-refractivity contribution in [3.05, 3.63) is 88.4 Å². The van der Waals surface area contributed by atoms with E-state index in [4.69, 9.17) is 9.47 Å². The van der Waals surface area contributed by atoms with Gasteiger partial charge in [-0.1, -0.05) is 41.1 Å². The van der Waals surface area contributed by atoms with Crippen molar-refractivity contribution >= 4 is 38.1 Å². The molecule has 1 N–H and O–H groups in total. The van der Waals surface area contributed by atoms with Gasteiger partial charge in [0, 0.05) is 10.0 Å². The van der Waals surface area contributed by atoms with Crippen LogP contribution in [-0.2, 0) is 10.0 Å². The van der Waals surface area contributed by atoms with Crippen LogP contribution >= 0.6 is 15.9 Å². The fraction of sp³-hybridized carbons (Fsp3) is 0.130. The van der Waals surface area contributed by atoms with Crippen LogP contribution in [0.4, 0.5) is 0 Å². The number of hydrogen-bond acceptors (Lipinski definition) is 6. The van der Waals surface area contributed by atoms with Crippen LogP contribution in [0.5, 0.6) is 11.5 Å². The van der Waals surface area contributed by atoms with Crippen molar-refractivity contribution in [3.63, 3.8) is 0 Å². The number of hydrazone groups is 1. The summed E-state index contributed by atoms with van der Waals surface area (Å²) in [6.07, 6.45) is 2.16. The zero-order valence-corrected chi connectivity index (χ0v) is 19.6. The summed E-state index contributed by atoms with van der Waals surface area (Å²) in [7, 11) is -3.81. The van der Waals surface area contributed by atoms with Crippen molar-refractivity contribution in [2.75, 3.05) is 6.61 Å². The minimum atomic E-state index is -3.81. The monoisotopic (exact) mass is 516 g/mol. The van der Waals surface area contributed by atoms with Crippen LogP contribution in [0.3, 0.4) is 0 Å². The molecule has 9 heteroatoms. The molecule has 0 saturated heterocycles. The third kappa shape index (κ3) is 6.41. The van der Waals surface area contributed by atoms with Gasteiger partial charge in [0.1, 0.15) is 11.5 Å². The van der Waals surface area contributed by atoms with Gasteiger partial charge in [0.2, 0.25) is 0 Å². The normalized spacial score (nSPS) is 11.3. The van der Waals surface area contributed by atoms with Gasteiger partial charge in [0.25, 0.3) is 10.0 Å². The van der Waals surface area contributed by atoms with Gasteiger partial charge in [-0.3, -0.25) is 0 Å². The van der Waals surface area contributed by atoms with Crippen molar-refractivity contribution in [2.24, 2.45) is 5.10 Å². The average molecular weight is 517 g/mol. The smallest absolute Gasteiger partial charge is 0.343 e. The second-order valence-corrected chi connectivity index (χ2v) is 9.19. The molecule has 0 atom stereocenters. The fourth-order valence-electron chi connectivity index (χ4n) is 2.60. The number of halogens is 1. The van der Waals surface area contributed by atoms with Crippen LogP contribution in [-0.4, -0.2) is 27.2 Å². The number of carbonyl (C=O) groups is 1. The van der Waals surface area contributed by atoms with Crippen molar-refractivity contribution < 1.29 is 22.7 Å². The Bertz CT molecular complexity index is 1200. The van der Waals surface area contributed by atoms with Crippen LogP contribution in [0.25, 0.3) is 0 Å². The first-order valence-corrected chi connectivity index (χ1v) is 12.0. The van der Waals surface area contributed by atoms with E-state index in [9.17, 15) is 13.2 Å². The minimum Gasteiger partial charge on any atom is -0.494 e. The molecule has 0 spiro atoms. The molecule has 0 heterocycles. The molecular weight excluding hydrogens is 496 g/mol. The number of ether oxygens (including phenoxy) is 2. The van der Waals surface area contributed by atoms with Gasteiger partial charge in [0.15, 0.2) is 0 Å². The quantitative estimate of drug-likeness (QED) is 0.191. The first kappa shape index (κ1) is 23.5. The van der Waals surface area contributed by atoms with Gasteiger partial charge in [-0.15, -0.1) is 0 Å². The molecule has 0 aliphatic heterocycles. The number of sulfonamides is 1. The van der Waals surface area contributed by atoms with Gasteiger partial charge in [-0.2, -0.15) is 13.5 Å². The van der Waals surface area contributed by atoms with Gasteiger partial charge < -0.3 is 9.47 Å². The number of hydrogen-bond donors (Lipinski definition) is 1. The molecule has 7 nitrogen and oxygen atoms in total. The van der Waals surface area contributed by atoms with E-state index in [0.717, 1.165) is 6.42 Å². The Morgan fingerprint density at radius 1 is 1.06 bits per heavy atom. The van der Waals surface area contributed by atoms with Gasteiger partial charge in [0.05, 0.1) is 23.3 Å². The summed E-state index contributed by atoms with van der Waals surface area (Å²) >= 11 is 3.35. The topological polar surface area (TPSA) is 94.1 Å². The Morgan fingerprint density at radius 3 is 2.47 bits per heavy atom. The first-order chi connectivity index (χ1) is 15.4. The summed E-state index contributed by atoms with van der Waals surface area (Å²) in [6.45, 7) is 2.61. The van der Waals surface area contributed by atoms with Gasteiger partial charge in [-0.05, 0) is 61.0 Å². The maximum absolute atomic E-state index is 12.6. The summed E-state index contributed by atoms with van der Waals surface area (Å²) < 4.78 is 36.3. The highest BCUT2D eigenvalue weighted by atomic mass is 79.9. The second kappa shape index (κ2) is 10.9. The molecule has 32 heavy (non-hydrogen) atoms. The Balaban J connectivity index is 1.73. The number of esters is 1. The summed E-state index contributed by atoms with van der Waals surface area (Å²) in [6, 6.07) is 19.5. The van der Waals surface area contributed by atoms with Crippen molar-refractivity contribution in [3.8, 4) is 11.5 Å². The lowest BCUT2D eigenvalue weighted by atomic mass is 10.2. The molecule has 166 valence electrons. The molecule has 0 aliphatic carbocycles. The number of nitrogens with zero attached hydrogens (tertiary/aromatic N) is 1. The zero-order valence-electron chi connectivity index (χ0n) is 17.2. The largest absolute Gasteiger partial charge is 0.494 e. The lowest BCUT2D eigenvalue weighted by molar-refractivity contribution is 0.0734. The Labute approximate surface area is 195 Å². The fourth-order valence-corrected chi connectivity index (χ4v) is 3.79. The highest BCUT2D eigenvalue weighted by Crippen LogP contribution is 2.23. The highest BCUT2D eigenvalue weighted by Gasteiger charge is 2.14. The Morgan fingerprint density at radius 2 is 1.78 bits per heavy atom. The molecule has 0 unspecified atom stereocenters. The van der Waals surface area contributed by atoms with Gasteiger partial charge in [-0.25, -0.2) is 9.63 Å². The van der Waals surface area contributed by atoms with E-state index in [0.29, 0.717) is 28.0 Å². The van der Waals surface area contributed by atoms with Crippen molar-refractivity contribution in [1.82, 2.24) is 4.83 Å². The predicted molar refractivity (Wildman–Crippen MR) is 126 cm³/mol. The molecule has 0 radical (unpaired) electrons. The predicted octanol–water partition coefficient (Wildman–Crippen LogP) is 4.77. The summed E-state index contributed by atoms with van der Waals surface area (Å²) in [5.74, 6) is 0.339. The number of rotatable bonds is 9. The lowest BCUT2D eigenvalue weighted by Crippen LogP contribution is -2.18. The molecule has 0 bridgehead atoms. The third-order valence-electron chi connectivity index (χ3n) is 4.17. The Kier molecular flexibility index (Phi) is 8.02. The maximum atomic E-state index is 12.6. The van der Waals surface area contributed by atoms with E-state index in [1.54, 1.807) is 60.7 Å². The van der Waals surface area contributed by atoms with E-state index in [-0.39, 0.29) is 10.6 Å². The molecule has 3 aromatic rings. The molecule has 0 aliphatic rings. The van der Waals surface area contributed by atoms with E-state index >= 15 is 0 Å². The highest BCUT2D eigenvalue weighted by molar-refractivity contribution is 9.10. The average Bonchev–Trinajstić information content (AvgIpc) is 2.80. The summed E-state index contributed by atoms with van der Waals surface area (Å²) in [4.78, 5) is 14.8. The number of carbonyl (C=O) groups excluding carboxylic acids is 1. The maximum Gasteiger partial charge on any atom is 0.343 e. The van der Waals surface area contributed by atoms with Crippen molar-refractivity contribution in [2.45, 2.75) is 18.2 Å². The molecule has 0 aromatic heterocycles. The van der Waals surface area contributed by atoms with E-state index in [1.807, 2.05) is 6.92 Å². The molecule has 0 saturated carbocycles. The van der Waals surface area contributed by atoms with Crippen LogP contribution in [0, 0.1) is 0 Å². The van der Waals surface area contributed by atoms with Crippen molar-refractivity contribution in [1.29, 1.82) is 0 Å². The second-order valence-electron chi connectivity index (χ2n) is 6.61. The molecular formula is C23H21BrN2O5S. The van der Waals surface area contributed by atoms with Crippen LogP contribution < -0.4 is 14.3 Å². The van der Waals surface area contributed by atoms with Crippen LogP contribution in [0.1, 0.15) is 29.3 Å². The lowest BCUT2D eigenvalue weighted by Gasteiger charge is -2.09. The van der Waals surface area contributed by atoms with E-state index < -0.39 is 16.0 Å². The number of benzene rings is 3. The Hall–Kier alpha value is -3.17. The van der Waals surface area contributed by atoms with E-state index in [2.05, 4.69) is 25.9 Å². The SMILES string of the molecule is CCCOc1ccc(C(=O)Oc2ccc(Br)cc2C=NNS(=O)(=O)c2ccccc2)cc1. The van der Waals surface area contributed by atoms with Gasteiger partial charge >= 0.3 is 5.97 Å². The molecule has 3 aromatic carbocycles. The first-order valence-electron chi connectivity index (χ1n) is 9.73. The zero-order chi connectivity index (χ0) is 23.0. The number of nitrogens with one attached hydrogen (secondary N) is 1. The van der Waals surface area contributed by atoms with E-state index in [1.165, 1.54) is 18.3 Å². The van der Waals surface area contributed by atoms with Crippen LogP contribution in [0.2, 0.25) is 0 Å². The third-order valence-corrected chi connectivity index (χ3v) is 5.90. The molecule has 0 fully saturated rings. The molecule has 3 rings (SSSR count). The summed E-state index contributed by atoms with van der Waals surface area (Å²) in [5, 5.41) is 3.82. The summed E-state index contributed by atoms with van der Waals surface area (Å²) in [5.41, 5.74) is 0.760. The van der Waals surface area contributed by atoms with Crippen LogP contribution in [0.15, 0.2) is 87.3 Å². The molecule has 0 amide bonds. The minimum absolute atomic E-state index is 0.0874.